The van der Waals surface area contributed by atoms with E-state index in [0.717, 1.165) is 0 Å². The van der Waals surface area contributed by atoms with Crippen LogP contribution >= 0.6 is 0 Å². The first-order valence-corrected chi connectivity index (χ1v) is 6.91. The molecule has 0 bridgehead atoms. The Hall–Kier alpha value is -2.63. The number of hydrogen-bond acceptors (Lipinski definition) is 4. The Morgan fingerprint density at radius 1 is 1.18 bits per heavy atom. The zero-order valence-corrected chi connectivity index (χ0v) is 12.2. The molecule has 5 nitrogen and oxygen atoms in total. The summed E-state index contributed by atoms with van der Waals surface area (Å²) < 4.78 is 24.2. The van der Waals surface area contributed by atoms with Crippen molar-refractivity contribution in [1.82, 2.24) is 10.3 Å². The number of nitrogens with zero attached hydrogens (tertiary/aromatic N) is 1. The van der Waals surface area contributed by atoms with Crippen LogP contribution in [0.5, 0.6) is 11.5 Å². The quantitative estimate of drug-likeness (QED) is 0.853. The lowest BCUT2D eigenvalue weighted by Crippen LogP contribution is -2.29. The molecule has 1 heterocycles. The summed E-state index contributed by atoms with van der Waals surface area (Å²) in [6.07, 6.45) is 1.47. The number of para-hydroxylation sites is 2. The van der Waals surface area contributed by atoms with E-state index in [1.54, 1.807) is 18.2 Å². The van der Waals surface area contributed by atoms with Crippen molar-refractivity contribution in [2.45, 2.75) is 13.5 Å². The summed E-state index contributed by atoms with van der Waals surface area (Å²) in [6, 6.07) is 9.88. The lowest BCUT2D eigenvalue weighted by molar-refractivity contribution is -0.123. The predicted octanol–water partition coefficient (Wildman–Crippen LogP) is 2.31. The van der Waals surface area contributed by atoms with E-state index in [1.807, 2.05) is 13.0 Å². The Labute approximate surface area is 128 Å². The van der Waals surface area contributed by atoms with Crippen molar-refractivity contribution >= 4 is 5.91 Å². The number of amides is 1. The summed E-state index contributed by atoms with van der Waals surface area (Å²) in [5.74, 6) is 0.249. The summed E-state index contributed by atoms with van der Waals surface area (Å²) in [5.41, 5.74) is 0.186. The molecular weight excluding hydrogens is 287 g/mol. The van der Waals surface area contributed by atoms with E-state index in [1.165, 1.54) is 18.3 Å². The van der Waals surface area contributed by atoms with Crippen molar-refractivity contribution in [3.63, 3.8) is 0 Å². The van der Waals surface area contributed by atoms with Crippen LogP contribution in [0, 0.1) is 5.82 Å². The second-order valence-corrected chi connectivity index (χ2v) is 4.38. The van der Waals surface area contributed by atoms with Gasteiger partial charge in [0, 0.05) is 6.20 Å². The average Bonchev–Trinajstić information content (AvgIpc) is 2.53. The number of benzene rings is 1. The molecule has 2 rings (SSSR count). The number of carbonyl (C=O) groups excluding carboxylic acids is 1. The first-order valence-electron chi connectivity index (χ1n) is 6.91. The summed E-state index contributed by atoms with van der Waals surface area (Å²) >= 11 is 0. The molecule has 6 heteroatoms. The van der Waals surface area contributed by atoms with Gasteiger partial charge in [-0.25, -0.2) is 4.39 Å². The second-order valence-electron chi connectivity index (χ2n) is 4.38. The molecule has 0 spiro atoms. The van der Waals surface area contributed by atoms with Crippen molar-refractivity contribution in [2.75, 3.05) is 13.2 Å². The van der Waals surface area contributed by atoms with Gasteiger partial charge in [-0.05, 0) is 31.2 Å². The Bertz CT molecular complexity index is 634. The van der Waals surface area contributed by atoms with Crippen LogP contribution in [0.2, 0.25) is 0 Å². The Kier molecular flexibility index (Phi) is 5.71. The number of hydrogen-bond donors (Lipinski definition) is 1. The molecule has 116 valence electrons. The molecule has 0 unspecified atom stereocenters. The molecule has 1 amide bonds. The van der Waals surface area contributed by atoms with Gasteiger partial charge in [0.05, 0.1) is 18.8 Å². The van der Waals surface area contributed by atoms with Gasteiger partial charge in [0.1, 0.15) is 5.82 Å². The smallest absolute Gasteiger partial charge is 0.258 e. The number of nitrogens with one attached hydrogen (secondary N) is 1. The van der Waals surface area contributed by atoms with Crippen molar-refractivity contribution in [3.05, 3.63) is 54.1 Å². The van der Waals surface area contributed by atoms with Gasteiger partial charge in [0.25, 0.3) is 5.91 Å². The number of carbonyl (C=O) groups is 1. The van der Waals surface area contributed by atoms with Gasteiger partial charge in [-0.2, -0.15) is 0 Å². The van der Waals surface area contributed by atoms with Gasteiger partial charge in [-0.15, -0.1) is 0 Å². The highest BCUT2D eigenvalue weighted by Gasteiger charge is 2.08. The zero-order valence-electron chi connectivity index (χ0n) is 12.2. The van der Waals surface area contributed by atoms with E-state index < -0.39 is 5.82 Å². The third-order valence-electron chi connectivity index (χ3n) is 2.80. The fourth-order valence-corrected chi connectivity index (χ4v) is 1.77. The molecular formula is C16H17FN2O3. The first-order chi connectivity index (χ1) is 10.7. The monoisotopic (exact) mass is 304 g/mol. The van der Waals surface area contributed by atoms with Crippen LogP contribution in [0.15, 0.2) is 42.6 Å². The van der Waals surface area contributed by atoms with Crippen LogP contribution in [0.3, 0.4) is 0 Å². The lowest BCUT2D eigenvalue weighted by atomic mass is 10.3. The lowest BCUT2D eigenvalue weighted by Gasteiger charge is -2.11. The molecule has 22 heavy (non-hydrogen) atoms. The van der Waals surface area contributed by atoms with Crippen LogP contribution in [0.25, 0.3) is 0 Å². The molecule has 0 saturated heterocycles. The standard InChI is InChI=1S/C16H17FN2O3/c1-2-21-14-7-3-4-8-15(14)22-11-16(20)19-10-13-12(17)6-5-9-18-13/h3-9H,2,10-11H2,1H3,(H,19,20). The van der Waals surface area contributed by atoms with E-state index in [0.29, 0.717) is 18.1 Å². The van der Waals surface area contributed by atoms with E-state index in [4.69, 9.17) is 9.47 Å². The maximum Gasteiger partial charge on any atom is 0.258 e. The van der Waals surface area contributed by atoms with Crippen LogP contribution < -0.4 is 14.8 Å². The first kappa shape index (κ1) is 15.8. The van der Waals surface area contributed by atoms with Gasteiger partial charge in [-0.3, -0.25) is 9.78 Å². The maximum atomic E-state index is 13.4. The third kappa shape index (κ3) is 4.44. The highest BCUT2D eigenvalue weighted by molar-refractivity contribution is 5.77. The highest BCUT2D eigenvalue weighted by atomic mass is 19.1. The van der Waals surface area contributed by atoms with Crippen molar-refractivity contribution < 1.29 is 18.7 Å². The fraction of sp³-hybridized carbons (Fsp3) is 0.250. The average molecular weight is 304 g/mol. The summed E-state index contributed by atoms with van der Waals surface area (Å²) in [6.45, 7) is 2.21. The number of halogens is 1. The third-order valence-corrected chi connectivity index (χ3v) is 2.80. The highest BCUT2D eigenvalue weighted by Crippen LogP contribution is 2.26. The van der Waals surface area contributed by atoms with E-state index in [2.05, 4.69) is 10.3 Å². The molecule has 1 aromatic heterocycles. The Morgan fingerprint density at radius 2 is 1.91 bits per heavy atom. The molecule has 0 aliphatic heterocycles. The van der Waals surface area contributed by atoms with E-state index in [9.17, 15) is 9.18 Å². The Morgan fingerprint density at radius 3 is 2.59 bits per heavy atom. The van der Waals surface area contributed by atoms with Crippen LogP contribution in [0.1, 0.15) is 12.6 Å². The number of pyridine rings is 1. The Balaban J connectivity index is 1.84. The summed E-state index contributed by atoms with van der Waals surface area (Å²) in [7, 11) is 0. The van der Waals surface area contributed by atoms with Gasteiger partial charge in [-0.1, -0.05) is 12.1 Å². The minimum Gasteiger partial charge on any atom is -0.490 e. The molecule has 0 atom stereocenters. The molecule has 0 radical (unpaired) electrons. The van der Waals surface area contributed by atoms with E-state index >= 15 is 0 Å². The summed E-state index contributed by atoms with van der Waals surface area (Å²) in [5, 5.41) is 2.55. The van der Waals surface area contributed by atoms with Crippen molar-refractivity contribution in [2.24, 2.45) is 0 Å². The minimum absolute atomic E-state index is 0.0158. The van der Waals surface area contributed by atoms with Gasteiger partial charge < -0.3 is 14.8 Å². The fourth-order valence-electron chi connectivity index (χ4n) is 1.77. The van der Waals surface area contributed by atoms with E-state index in [-0.39, 0.29) is 24.8 Å². The van der Waals surface area contributed by atoms with Crippen LogP contribution in [-0.2, 0) is 11.3 Å². The number of ether oxygens (including phenoxy) is 2. The molecule has 0 saturated carbocycles. The molecule has 0 aliphatic carbocycles. The topological polar surface area (TPSA) is 60.5 Å². The molecule has 0 fully saturated rings. The van der Waals surface area contributed by atoms with Gasteiger partial charge in [0.15, 0.2) is 18.1 Å². The normalized spacial score (nSPS) is 10.1. The van der Waals surface area contributed by atoms with Crippen LogP contribution in [-0.4, -0.2) is 24.1 Å². The SMILES string of the molecule is CCOc1ccccc1OCC(=O)NCc1ncccc1F. The van der Waals surface area contributed by atoms with Gasteiger partial charge in [0.2, 0.25) is 0 Å². The second kappa shape index (κ2) is 7.97. The number of rotatable bonds is 7. The maximum absolute atomic E-state index is 13.4. The molecule has 1 aromatic carbocycles. The number of aromatic nitrogens is 1. The summed E-state index contributed by atoms with van der Waals surface area (Å²) in [4.78, 5) is 15.6. The van der Waals surface area contributed by atoms with Crippen molar-refractivity contribution in [1.29, 1.82) is 0 Å². The molecule has 1 N–H and O–H groups in total. The predicted molar refractivity (Wildman–Crippen MR) is 79.1 cm³/mol. The van der Waals surface area contributed by atoms with Crippen LogP contribution in [0.4, 0.5) is 4.39 Å². The zero-order chi connectivity index (χ0) is 15.8. The molecule has 2 aromatic rings. The van der Waals surface area contributed by atoms with Gasteiger partial charge >= 0.3 is 0 Å². The minimum atomic E-state index is -0.453. The molecule has 0 aliphatic rings. The van der Waals surface area contributed by atoms with Crippen molar-refractivity contribution in [3.8, 4) is 11.5 Å². The largest absolute Gasteiger partial charge is 0.490 e.